The van der Waals surface area contributed by atoms with Crippen molar-refractivity contribution in [3.05, 3.63) is 59.7 Å². The van der Waals surface area contributed by atoms with Gasteiger partial charge in [0.1, 0.15) is 0 Å². The maximum Gasteiger partial charge on any atom is 0.335 e. The summed E-state index contributed by atoms with van der Waals surface area (Å²) in [7, 11) is 0. The lowest BCUT2D eigenvalue weighted by molar-refractivity contribution is 0.0686. The van der Waals surface area contributed by atoms with E-state index in [0.717, 1.165) is 11.1 Å². The van der Waals surface area contributed by atoms with Crippen molar-refractivity contribution in [3.63, 3.8) is 0 Å². The molecule has 2 aromatic rings. The summed E-state index contributed by atoms with van der Waals surface area (Å²) in [6.07, 6.45) is 0. The average molecular weight is 279 g/mol. The van der Waals surface area contributed by atoms with Gasteiger partial charge in [0.15, 0.2) is 0 Å². The average Bonchev–Trinajstić information content (AvgIpc) is 2.39. The highest BCUT2D eigenvalue weighted by molar-refractivity contribution is 5.89. The number of carbonyl (C=O) groups is 2. The first kappa shape index (κ1) is 14.7. The molecule has 2 rings (SSSR count). The molecule has 0 bridgehead atoms. The Balaban J connectivity index is 0.00000180. The number of aromatic carboxylic acids is 2. The Labute approximate surface area is 115 Å². The van der Waals surface area contributed by atoms with Crippen molar-refractivity contribution < 1.29 is 19.8 Å². The number of rotatable bonds is 3. The highest BCUT2D eigenvalue weighted by Crippen LogP contribution is 2.20. The molecule has 4 nitrogen and oxygen atoms in total. The smallest absolute Gasteiger partial charge is 0.335 e. The molecule has 0 radical (unpaired) electrons. The van der Waals surface area contributed by atoms with E-state index in [-0.39, 0.29) is 23.5 Å². The van der Waals surface area contributed by atoms with E-state index in [4.69, 9.17) is 10.2 Å². The van der Waals surface area contributed by atoms with Gasteiger partial charge in [-0.05, 0) is 35.4 Å². The zero-order valence-corrected chi connectivity index (χ0v) is 10.6. The van der Waals surface area contributed by atoms with Crippen LogP contribution in [0.2, 0.25) is 0 Å². The molecule has 2 N–H and O–H groups in total. The summed E-state index contributed by atoms with van der Waals surface area (Å²) in [5, 5.41) is 17.6. The Morgan fingerprint density at radius 2 is 0.895 bits per heavy atom. The first-order valence-electron chi connectivity index (χ1n) is 5.25. The Morgan fingerprint density at radius 3 is 1.11 bits per heavy atom. The highest BCUT2D eigenvalue weighted by Gasteiger charge is 2.05. The molecule has 0 aliphatic heterocycles. The van der Waals surface area contributed by atoms with Crippen LogP contribution in [0.4, 0.5) is 0 Å². The highest BCUT2D eigenvalue weighted by atomic mass is 35.5. The van der Waals surface area contributed by atoms with Crippen LogP contribution in [0, 0.1) is 0 Å². The molecule has 0 heterocycles. The van der Waals surface area contributed by atoms with Crippen LogP contribution in [0.15, 0.2) is 48.5 Å². The van der Waals surface area contributed by atoms with Gasteiger partial charge in [0.05, 0.1) is 11.1 Å². The maximum absolute atomic E-state index is 10.7. The molecule has 0 saturated heterocycles. The molecule has 2 aromatic carbocycles. The van der Waals surface area contributed by atoms with Gasteiger partial charge >= 0.3 is 11.9 Å². The van der Waals surface area contributed by atoms with Gasteiger partial charge in [-0.25, -0.2) is 9.59 Å². The van der Waals surface area contributed by atoms with E-state index in [1.165, 1.54) is 24.3 Å². The predicted octanol–water partition coefficient (Wildman–Crippen LogP) is 3.17. The second-order valence-electron chi connectivity index (χ2n) is 3.77. The van der Waals surface area contributed by atoms with E-state index in [0.29, 0.717) is 0 Å². The van der Waals surface area contributed by atoms with Crippen molar-refractivity contribution in [2.75, 3.05) is 0 Å². The molecule has 5 heteroatoms. The largest absolute Gasteiger partial charge is 0.478 e. The first-order valence-corrected chi connectivity index (χ1v) is 5.25. The second-order valence-corrected chi connectivity index (χ2v) is 3.77. The van der Waals surface area contributed by atoms with Crippen molar-refractivity contribution in [2.24, 2.45) is 0 Å². The van der Waals surface area contributed by atoms with Crippen LogP contribution in [0.1, 0.15) is 20.7 Å². The molecule has 98 valence electrons. The minimum atomic E-state index is -0.970. The predicted molar refractivity (Wildman–Crippen MR) is 73.0 cm³/mol. The first-order chi connectivity index (χ1) is 8.58. The lowest BCUT2D eigenvalue weighted by Crippen LogP contribution is -1.96. The Hall–Kier alpha value is -2.33. The van der Waals surface area contributed by atoms with Crippen molar-refractivity contribution in [1.82, 2.24) is 0 Å². The van der Waals surface area contributed by atoms with Crippen LogP contribution in [0.25, 0.3) is 11.1 Å². The second kappa shape index (κ2) is 6.02. The molecule has 0 saturated carbocycles. The lowest BCUT2D eigenvalue weighted by atomic mass is 10.0. The van der Waals surface area contributed by atoms with Crippen molar-refractivity contribution in [1.29, 1.82) is 0 Å². The molecule has 0 fully saturated rings. The lowest BCUT2D eigenvalue weighted by Gasteiger charge is -2.03. The van der Waals surface area contributed by atoms with Crippen LogP contribution in [-0.4, -0.2) is 22.2 Å². The van der Waals surface area contributed by atoms with Gasteiger partial charge in [-0.15, -0.1) is 12.4 Å². The van der Waals surface area contributed by atoms with Gasteiger partial charge in [0.2, 0.25) is 0 Å². The zero-order chi connectivity index (χ0) is 13.1. The number of hydrogen-bond donors (Lipinski definition) is 2. The summed E-state index contributed by atoms with van der Waals surface area (Å²) in [6.45, 7) is 0. The summed E-state index contributed by atoms with van der Waals surface area (Å²) < 4.78 is 0. The summed E-state index contributed by atoms with van der Waals surface area (Å²) >= 11 is 0. The number of hydrogen-bond acceptors (Lipinski definition) is 2. The van der Waals surface area contributed by atoms with E-state index < -0.39 is 11.9 Å². The summed E-state index contributed by atoms with van der Waals surface area (Å²) in [6, 6.07) is 12.8. The number of halogens is 1. The monoisotopic (exact) mass is 278 g/mol. The van der Waals surface area contributed by atoms with Crippen LogP contribution in [-0.2, 0) is 0 Å². The Kier molecular flexibility index (Phi) is 4.67. The third-order valence-corrected chi connectivity index (χ3v) is 2.60. The van der Waals surface area contributed by atoms with E-state index in [2.05, 4.69) is 0 Å². The van der Waals surface area contributed by atoms with E-state index in [9.17, 15) is 9.59 Å². The topological polar surface area (TPSA) is 74.6 Å². The Bertz CT molecular complexity index is 532. The van der Waals surface area contributed by atoms with Gasteiger partial charge in [-0.3, -0.25) is 0 Å². The number of benzene rings is 2. The third-order valence-electron chi connectivity index (χ3n) is 2.60. The van der Waals surface area contributed by atoms with Crippen LogP contribution in [0.3, 0.4) is 0 Å². The van der Waals surface area contributed by atoms with Crippen molar-refractivity contribution in [3.8, 4) is 11.1 Å². The number of carboxylic acid groups (broad SMARTS) is 2. The molecule has 0 aliphatic carbocycles. The van der Waals surface area contributed by atoms with E-state index >= 15 is 0 Å². The van der Waals surface area contributed by atoms with E-state index in [1.54, 1.807) is 24.3 Å². The zero-order valence-electron chi connectivity index (χ0n) is 9.74. The van der Waals surface area contributed by atoms with Gasteiger partial charge in [0, 0.05) is 0 Å². The molecular weight excluding hydrogens is 268 g/mol. The standard InChI is InChI=1S/C14H10O4.ClH/c15-13(16)11-5-1-9(2-6-11)10-3-7-12(8-4-10)14(17)18;/h1-8H,(H,15,16)(H,17,18);1H. The fourth-order valence-electron chi connectivity index (χ4n) is 1.61. The fourth-order valence-corrected chi connectivity index (χ4v) is 1.61. The molecule has 0 aliphatic rings. The van der Waals surface area contributed by atoms with Crippen LogP contribution in [0.5, 0.6) is 0 Å². The summed E-state index contributed by atoms with van der Waals surface area (Å²) in [4.78, 5) is 21.4. The third kappa shape index (κ3) is 3.33. The number of carboxylic acids is 2. The summed E-state index contributed by atoms with van der Waals surface area (Å²) in [5.41, 5.74) is 2.13. The van der Waals surface area contributed by atoms with Gasteiger partial charge in [0.25, 0.3) is 0 Å². The maximum atomic E-state index is 10.7. The summed E-state index contributed by atoms with van der Waals surface area (Å²) in [5.74, 6) is -1.94. The Morgan fingerprint density at radius 1 is 0.632 bits per heavy atom. The molecule has 0 aromatic heterocycles. The van der Waals surface area contributed by atoms with E-state index in [1.807, 2.05) is 0 Å². The fraction of sp³-hybridized carbons (Fsp3) is 0. The minimum absolute atomic E-state index is 0. The van der Waals surface area contributed by atoms with Crippen molar-refractivity contribution >= 4 is 24.3 Å². The minimum Gasteiger partial charge on any atom is -0.478 e. The molecule has 0 spiro atoms. The molecular formula is C14H11ClO4. The normalized spacial score (nSPS) is 9.47. The van der Waals surface area contributed by atoms with Gasteiger partial charge < -0.3 is 10.2 Å². The quantitative estimate of drug-likeness (QED) is 0.904. The molecule has 0 atom stereocenters. The molecule has 19 heavy (non-hydrogen) atoms. The molecule has 0 unspecified atom stereocenters. The van der Waals surface area contributed by atoms with Crippen LogP contribution < -0.4 is 0 Å². The van der Waals surface area contributed by atoms with Gasteiger partial charge in [-0.2, -0.15) is 0 Å². The SMILES string of the molecule is Cl.O=C(O)c1ccc(-c2ccc(C(=O)O)cc2)cc1. The van der Waals surface area contributed by atoms with Crippen molar-refractivity contribution in [2.45, 2.75) is 0 Å². The van der Waals surface area contributed by atoms with Gasteiger partial charge in [-0.1, -0.05) is 24.3 Å². The molecule has 0 amide bonds. The van der Waals surface area contributed by atoms with Crippen LogP contribution >= 0.6 is 12.4 Å².